The Kier molecular flexibility index (Phi) is 5.37. The quantitative estimate of drug-likeness (QED) is 0.693. The molecule has 0 radical (unpaired) electrons. The van der Waals surface area contributed by atoms with Crippen LogP contribution >= 0.6 is 23.2 Å². The van der Waals surface area contributed by atoms with Gasteiger partial charge in [0, 0.05) is 22.2 Å². The zero-order valence-electron chi connectivity index (χ0n) is 12.7. The summed E-state index contributed by atoms with van der Waals surface area (Å²) >= 11 is 12.0. The van der Waals surface area contributed by atoms with Crippen LogP contribution in [0.2, 0.25) is 10.0 Å². The second kappa shape index (κ2) is 7.48. The van der Waals surface area contributed by atoms with E-state index >= 15 is 0 Å². The van der Waals surface area contributed by atoms with E-state index in [9.17, 15) is 4.79 Å². The molecule has 2 atom stereocenters. The van der Waals surface area contributed by atoms with Crippen LogP contribution < -0.4 is 0 Å². The molecule has 3 rings (SSSR count). The maximum atomic E-state index is 13.0. The number of hydrogen-bond donors (Lipinski definition) is 0. The van der Waals surface area contributed by atoms with Gasteiger partial charge in [0.25, 0.3) is 0 Å². The summed E-state index contributed by atoms with van der Waals surface area (Å²) in [5.41, 5.74) is 1.73. The molecule has 0 N–H and O–H groups in total. The lowest BCUT2D eigenvalue weighted by molar-refractivity contribution is 0.0509. The van der Waals surface area contributed by atoms with E-state index < -0.39 is 0 Å². The fourth-order valence-electron chi connectivity index (χ4n) is 3.04. The number of benzene rings is 2. The Morgan fingerprint density at radius 2 is 1.91 bits per heavy atom. The summed E-state index contributed by atoms with van der Waals surface area (Å²) in [7, 11) is 0. The molecule has 1 aliphatic heterocycles. The van der Waals surface area contributed by atoms with Gasteiger partial charge in [0.2, 0.25) is 0 Å². The maximum Gasteiger partial charge on any atom is 0.168 e. The van der Waals surface area contributed by atoms with Crippen molar-refractivity contribution < 1.29 is 9.53 Å². The summed E-state index contributed by atoms with van der Waals surface area (Å²) in [6, 6.07) is 14.8. The van der Waals surface area contributed by atoms with Crippen LogP contribution in [-0.4, -0.2) is 18.5 Å². The molecule has 120 valence electrons. The van der Waals surface area contributed by atoms with Gasteiger partial charge in [0.1, 0.15) is 0 Å². The molecule has 1 heterocycles. The van der Waals surface area contributed by atoms with Crippen molar-refractivity contribution in [2.24, 2.45) is 5.92 Å². The SMILES string of the molecule is O=C(c1cccc(Cl)c1)[C@H](Cc1ccc(Cl)cc1)[C@H]1CCCO1. The summed E-state index contributed by atoms with van der Waals surface area (Å²) < 4.78 is 5.80. The van der Waals surface area contributed by atoms with Crippen molar-refractivity contribution in [3.8, 4) is 0 Å². The molecular formula is C19H18Cl2O2. The third kappa shape index (κ3) is 4.14. The van der Waals surface area contributed by atoms with Gasteiger partial charge in [-0.2, -0.15) is 0 Å². The first kappa shape index (κ1) is 16.5. The van der Waals surface area contributed by atoms with E-state index in [1.54, 1.807) is 12.1 Å². The largest absolute Gasteiger partial charge is 0.377 e. The third-order valence-corrected chi connectivity index (χ3v) is 4.72. The Hall–Kier alpha value is -1.35. The van der Waals surface area contributed by atoms with Crippen LogP contribution in [-0.2, 0) is 11.2 Å². The number of carbonyl (C=O) groups is 1. The molecule has 0 spiro atoms. The number of ketones is 1. The van der Waals surface area contributed by atoms with Crippen LogP contribution in [0, 0.1) is 5.92 Å². The average molecular weight is 349 g/mol. The van der Waals surface area contributed by atoms with Gasteiger partial charge in [-0.05, 0) is 49.1 Å². The summed E-state index contributed by atoms with van der Waals surface area (Å²) in [4.78, 5) is 13.0. The predicted molar refractivity (Wildman–Crippen MR) is 93.4 cm³/mol. The third-order valence-electron chi connectivity index (χ3n) is 4.23. The summed E-state index contributed by atoms with van der Waals surface area (Å²) in [5, 5.41) is 1.28. The molecule has 1 fully saturated rings. The minimum atomic E-state index is -0.197. The van der Waals surface area contributed by atoms with Crippen LogP contribution in [0.4, 0.5) is 0 Å². The lowest BCUT2D eigenvalue weighted by Gasteiger charge is -2.22. The lowest BCUT2D eigenvalue weighted by atomic mass is 9.86. The number of carbonyl (C=O) groups excluding carboxylic acids is 1. The highest BCUT2D eigenvalue weighted by atomic mass is 35.5. The molecule has 2 aromatic rings. The Morgan fingerprint density at radius 3 is 2.57 bits per heavy atom. The highest BCUT2D eigenvalue weighted by molar-refractivity contribution is 6.31. The summed E-state index contributed by atoms with van der Waals surface area (Å²) in [6.07, 6.45) is 2.54. The van der Waals surface area contributed by atoms with Crippen LogP contribution in [0.1, 0.15) is 28.8 Å². The van der Waals surface area contributed by atoms with E-state index in [1.807, 2.05) is 36.4 Å². The molecule has 0 amide bonds. The van der Waals surface area contributed by atoms with Gasteiger partial charge in [0.15, 0.2) is 5.78 Å². The maximum absolute atomic E-state index is 13.0. The summed E-state index contributed by atoms with van der Waals surface area (Å²) in [6.45, 7) is 0.727. The van der Waals surface area contributed by atoms with E-state index in [4.69, 9.17) is 27.9 Å². The number of halogens is 2. The van der Waals surface area contributed by atoms with E-state index in [0.29, 0.717) is 22.0 Å². The molecule has 2 nitrogen and oxygen atoms in total. The number of ether oxygens (including phenoxy) is 1. The predicted octanol–water partition coefficient (Wildman–Crippen LogP) is 5.21. The second-order valence-corrected chi connectivity index (χ2v) is 6.74. The Bertz CT molecular complexity index is 676. The normalized spacial score (nSPS) is 18.8. The first-order chi connectivity index (χ1) is 11.1. The number of hydrogen-bond acceptors (Lipinski definition) is 2. The van der Waals surface area contributed by atoms with Gasteiger partial charge >= 0.3 is 0 Å². The van der Waals surface area contributed by atoms with Gasteiger partial charge in [-0.3, -0.25) is 4.79 Å². The van der Waals surface area contributed by atoms with Crippen LogP contribution in [0.25, 0.3) is 0 Å². The zero-order valence-corrected chi connectivity index (χ0v) is 14.2. The molecule has 0 saturated carbocycles. The minimum Gasteiger partial charge on any atom is -0.377 e. The Morgan fingerprint density at radius 1 is 1.13 bits per heavy atom. The van der Waals surface area contributed by atoms with E-state index in [1.165, 1.54) is 0 Å². The second-order valence-electron chi connectivity index (χ2n) is 5.86. The Balaban J connectivity index is 1.85. The van der Waals surface area contributed by atoms with E-state index in [2.05, 4.69) is 0 Å². The minimum absolute atomic E-state index is 0.0304. The van der Waals surface area contributed by atoms with Gasteiger partial charge < -0.3 is 4.74 Å². The molecule has 2 aromatic carbocycles. The number of Topliss-reactive ketones (excluding diaryl/α,β-unsaturated/α-hetero) is 1. The average Bonchev–Trinajstić information content (AvgIpc) is 3.08. The smallest absolute Gasteiger partial charge is 0.168 e. The van der Waals surface area contributed by atoms with Gasteiger partial charge in [-0.25, -0.2) is 0 Å². The fraction of sp³-hybridized carbons (Fsp3) is 0.316. The van der Waals surface area contributed by atoms with Crippen molar-refractivity contribution in [1.82, 2.24) is 0 Å². The zero-order chi connectivity index (χ0) is 16.2. The highest BCUT2D eigenvalue weighted by Gasteiger charge is 2.32. The lowest BCUT2D eigenvalue weighted by Crippen LogP contribution is -2.30. The van der Waals surface area contributed by atoms with Crippen molar-refractivity contribution in [2.45, 2.75) is 25.4 Å². The van der Waals surface area contributed by atoms with E-state index in [-0.39, 0.29) is 17.8 Å². The van der Waals surface area contributed by atoms with E-state index in [0.717, 1.165) is 25.0 Å². The van der Waals surface area contributed by atoms with Crippen molar-refractivity contribution in [3.05, 3.63) is 69.7 Å². The van der Waals surface area contributed by atoms with Crippen molar-refractivity contribution in [1.29, 1.82) is 0 Å². The molecule has 0 unspecified atom stereocenters. The van der Waals surface area contributed by atoms with Crippen molar-refractivity contribution in [3.63, 3.8) is 0 Å². The summed E-state index contributed by atoms with van der Waals surface area (Å²) in [5.74, 6) is -0.105. The molecule has 0 aliphatic carbocycles. The molecule has 1 aliphatic rings. The molecule has 4 heteroatoms. The first-order valence-corrected chi connectivity index (χ1v) is 8.55. The fourth-order valence-corrected chi connectivity index (χ4v) is 3.36. The van der Waals surface area contributed by atoms with Crippen LogP contribution in [0.15, 0.2) is 48.5 Å². The monoisotopic (exact) mass is 348 g/mol. The molecule has 23 heavy (non-hydrogen) atoms. The van der Waals surface area contributed by atoms with Crippen molar-refractivity contribution >= 4 is 29.0 Å². The molecular weight excluding hydrogens is 331 g/mol. The molecule has 0 bridgehead atoms. The standard InChI is InChI=1S/C19H18Cl2O2/c20-15-8-6-13(7-9-15)11-17(18-5-2-10-23-18)19(22)14-3-1-4-16(21)12-14/h1,3-4,6-9,12,17-18H,2,5,10-11H2/t17-,18-/m1/s1. The number of rotatable bonds is 5. The molecule has 1 saturated heterocycles. The topological polar surface area (TPSA) is 26.3 Å². The van der Waals surface area contributed by atoms with Gasteiger partial charge in [0.05, 0.1) is 12.0 Å². The van der Waals surface area contributed by atoms with Crippen LogP contribution in [0.5, 0.6) is 0 Å². The Labute approximate surface area is 146 Å². The van der Waals surface area contributed by atoms with Crippen molar-refractivity contribution in [2.75, 3.05) is 6.61 Å². The van der Waals surface area contributed by atoms with Gasteiger partial charge in [-0.1, -0.05) is 47.5 Å². The van der Waals surface area contributed by atoms with Gasteiger partial charge in [-0.15, -0.1) is 0 Å². The van der Waals surface area contributed by atoms with Crippen LogP contribution in [0.3, 0.4) is 0 Å². The highest BCUT2D eigenvalue weighted by Crippen LogP contribution is 2.28. The molecule has 0 aromatic heterocycles. The first-order valence-electron chi connectivity index (χ1n) is 7.79.